The molecule has 0 aliphatic carbocycles. The number of nitrogens with zero attached hydrogens (tertiary/aromatic N) is 1. The minimum Gasteiger partial charge on any atom is -0.481 e. The fraction of sp³-hybridized carbons (Fsp3) is 0.250. The number of rotatable bonds is 4. The van der Waals surface area contributed by atoms with Crippen LogP contribution >= 0.6 is 0 Å². The van der Waals surface area contributed by atoms with Crippen molar-refractivity contribution in [2.75, 3.05) is 19.0 Å². The van der Waals surface area contributed by atoms with E-state index in [4.69, 9.17) is 4.74 Å². The molecule has 1 amide bonds. The number of ether oxygens (including phenoxy) is 1. The van der Waals surface area contributed by atoms with Crippen molar-refractivity contribution in [1.29, 1.82) is 0 Å². The Kier molecular flexibility index (Phi) is 3.73. The van der Waals surface area contributed by atoms with Crippen molar-refractivity contribution in [2.24, 2.45) is 0 Å². The molecule has 1 aliphatic rings. The van der Waals surface area contributed by atoms with Gasteiger partial charge in [-0.1, -0.05) is 12.1 Å². The van der Waals surface area contributed by atoms with Crippen molar-refractivity contribution >= 4 is 11.6 Å². The fourth-order valence-electron chi connectivity index (χ4n) is 2.46. The minimum absolute atomic E-state index is 0.00557. The number of aromatic nitrogens is 1. The monoisotopic (exact) mass is 283 g/mol. The molecule has 21 heavy (non-hydrogen) atoms. The maximum absolute atomic E-state index is 11.8. The molecule has 2 aromatic rings. The van der Waals surface area contributed by atoms with Gasteiger partial charge in [0, 0.05) is 36.6 Å². The number of pyridine rings is 1. The van der Waals surface area contributed by atoms with E-state index in [-0.39, 0.29) is 5.91 Å². The molecule has 5 heteroatoms. The van der Waals surface area contributed by atoms with Crippen molar-refractivity contribution in [3.05, 3.63) is 53.2 Å². The van der Waals surface area contributed by atoms with E-state index in [1.165, 1.54) is 0 Å². The zero-order valence-electron chi connectivity index (χ0n) is 11.8. The Labute approximate surface area is 123 Å². The molecule has 0 unspecified atom stereocenters. The highest BCUT2D eigenvalue weighted by molar-refractivity contribution is 5.98. The molecule has 3 rings (SSSR count). The van der Waals surface area contributed by atoms with Crippen molar-refractivity contribution in [3.63, 3.8) is 0 Å². The predicted octanol–water partition coefficient (Wildman–Crippen LogP) is 1.99. The lowest BCUT2D eigenvalue weighted by atomic mass is 9.98. The molecular weight excluding hydrogens is 266 g/mol. The van der Waals surface area contributed by atoms with Gasteiger partial charge >= 0.3 is 0 Å². The largest absolute Gasteiger partial charge is 0.481 e. The standard InChI is InChI=1S/C16H17N3O2/c1-21-15-6-5-11(10-19-15)9-18-14-4-2-3-13-12(14)7-8-17-16(13)20/h2-6,10,18H,7-9H2,1H3,(H,17,20). The lowest BCUT2D eigenvalue weighted by Crippen LogP contribution is -2.32. The van der Waals surface area contributed by atoms with E-state index in [0.717, 1.165) is 28.8 Å². The van der Waals surface area contributed by atoms with Crippen LogP contribution in [-0.2, 0) is 13.0 Å². The summed E-state index contributed by atoms with van der Waals surface area (Å²) in [7, 11) is 1.60. The second-order valence-electron chi connectivity index (χ2n) is 4.90. The quantitative estimate of drug-likeness (QED) is 0.900. The van der Waals surface area contributed by atoms with E-state index in [0.29, 0.717) is 19.0 Å². The van der Waals surface area contributed by atoms with Crippen LogP contribution in [-0.4, -0.2) is 24.5 Å². The number of hydrogen-bond acceptors (Lipinski definition) is 4. The first kappa shape index (κ1) is 13.4. The predicted molar refractivity (Wildman–Crippen MR) is 80.6 cm³/mol. The molecule has 0 fully saturated rings. The third-order valence-electron chi connectivity index (χ3n) is 3.57. The van der Waals surface area contributed by atoms with E-state index in [1.54, 1.807) is 13.3 Å². The summed E-state index contributed by atoms with van der Waals surface area (Å²) in [6.07, 6.45) is 2.64. The highest BCUT2D eigenvalue weighted by atomic mass is 16.5. The number of nitrogens with one attached hydrogen (secondary N) is 2. The summed E-state index contributed by atoms with van der Waals surface area (Å²) in [5, 5.41) is 6.25. The van der Waals surface area contributed by atoms with Crippen molar-refractivity contribution in [2.45, 2.75) is 13.0 Å². The van der Waals surface area contributed by atoms with Gasteiger partial charge in [-0.3, -0.25) is 4.79 Å². The van der Waals surface area contributed by atoms with Gasteiger partial charge in [-0.05, 0) is 29.7 Å². The molecular formula is C16H17N3O2. The van der Waals surface area contributed by atoms with Crippen LogP contribution in [0.4, 0.5) is 5.69 Å². The van der Waals surface area contributed by atoms with Crippen LogP contribution in [0.2, 0.25) is 0 Å². The molecule has 1 aliphatic heterocycles. The summed E-state index contributed by atoms with van der Waals surface area (Å²) in [4.78, 5) is 16.0. The van der Waals surface area contributed by atoms with Gasteiger partial charge < -0.3 is 15.4 Å². The molecule has 1 aromatic carbocycles. The van der Waals surface area contributed by atoms with Gasteiger partial charge in [0.1, 0.15) is 0 Å². The summed E-state index contributed by atoms with van der Waals surface area (Å²) in [5.74, 6) is 0.610. The van der Waals surface area contributed by atoms with Crippen LogP contribution in [0.3, 0.4) is 0 Å². The molecule has 1 aromatic heterocycles. The average molecular weight is 283 g/mol. The Bertz CT molecular complexity index is 653. The van der Waals surface area contributed by atoms with Crippen LogP contribution in [0.1, 0.15) is 21.5 Å². The molecule has 0 saturated carbocycles. The lowest BCUT2D eigenvalue weighted by molar-refractivity contribution is 0.0946. The van der Waals surface area contributed by atoms with E-state index in [1.807, 2.05) is 30.3 Å². The maximum atomic E-state index is 11.8. The second-order valence-corrected chi connectivity index (χ2v) is 4.90. The molecule has 0 atom stereocenters. The Morgan fingerprint density at radius 3 is 3.00 bits per heavy atom. The number of carbonyl (C=O) groups excluding carboxylic acids is 1. The molecule has 0 saturated heterocycles. The number of benzene rings is 1. The van der Waals surface area contributed by atoms with Gasteiger partial charge in [-0.15, -0.1) is 0 Å². The third-order valence-corrected chi connectivity index (χ3v) is 3.57. The molecule has 0 spiro atoms. The van der Waals surface area contributed by atoms with Gasteiger partial charge in [-0.25, -0.2) is 4.98 Å². The van der Waals surface area contributed by atoms with Crippen LogP contribution in [0.15, 0.2) is 36.5 Å². The summed E-state index contributed by atoms with van der Waals surface area (Å²) < 4.78 is 5.04. The van der Waals surface area contributed by atoms with Crippen LogP contribution in [0, 0.1) is 0 Å². The topological polar surface area (TPSA) is 63.2 Å². The average Bonchev–Trinajstić information content (AvgIpc) is 2.54. The van der Waals surface area contributed by atoms with Gasteiger partial charge in [0.25, 0.3) is 5.91 Å². The summed E-state index contributed by atoms with van der Waals surface area (Å²) in [6.45, 7) is 1.35. The molecule has 0 bridgehead atoms. The summed E-state index contributed by atoms with van der Waals surface area (Å²) in [6, 6.07) is 9.59. The number of amides is 1. The third kappa shape index (κ3) is 2.81. The van der Waals surface area contributed by atoms with E-state index in [9.17, 15) is 4.79 Å². The van der Waals surface area contributed by atoms with Crippen LogP contribution in [0.25, 0.3) is 0 Å². The van der Waals surface area contributed by atoms with Gasteiger partial charge in [0.05, 0.1) is 7.11 Å². The van der Waals surface area contributed by atoms with E-state index < -0.39 is 0 Å². The number of methoxy groups -OCH3 is 1. The van der Waals surface area contributed by atoms with Crippen molar-refractivity contribution in [3.8, 4) is 5.88 Å². The zero-order chi connectivity index (χ0) is 14.7. The Hall–Kier alpha value is -2.56. The fourth-order valence-corrected chi connectivity index (χ4v) is 2.46. The van der Waals surface area contributed by atoms with Crippen molar-refractivity contribution in [1.82, 2.24) is 10.3 Å². The number of carbonyl (C=O) groups is 1. The first-order valence-corrected chi connectivity index (χ1v) is 6.91. The number of fused-ring (bicyclic) bond motifs is 1. The first-order valence-electron chi connectivity index (χ1n) is 6.91. The zero-order valence-corrected chi connectivity index (χ0v) is 11.8. The molecule has 2 N–H and O–H groups in total. The Morgan fingerprint density at radius 1 is 1.33 bits per heavy atom. The van der Waals surface area contributed by atoms with Gasteiger partial charge in [-0.2, -0.15) is 0 Å². The van der Waals surface area contributed by atoms with Crippen molar-refractivity contribution < 1.29 is 9.53 Å². The molecule has 5 nitrogen and oxygen atoms in total. The van der Waals surface area contributed by atoms with Gasteiger partial charge in [0.2, 0.25) is 5.88 Å². The number of hydrogen-bond donors (Lipinski definition) is 2. The highest BCUT2D eigenvalue weighted by Crippen LogP contribution is 2.23. The first-order chi connectivity index (χ1) is 10.3. The lowest BCUT2D eigenvalue weighted by Gasteiger charge is -2.20. The minimum atomic E-state index is 0.00557. The Morgan fingerprint density at radius 2 is 2.24 bits per heavy atom. The molecule has 0 radical (unpaired) electrons. The maximum Gasteiger partial charge on any atom is 0.251 e. The summed E-state index contributed by atoms with van der Waals surface area (Å²) >= 11 is 0. The Balaban J connectivity index is 1.76. The smallest absolute Gasteiger partial charge is 0.251 e. The SMILES string of the molecule is COc1ccc(CNc2cccc3c2CCNC3=O)cn1. The summed E-state index contributed by atoms with van der Waals surface area (Å²) in [5.41, 5.74) is 3.92. The van der Waals surface area contributed by atoms with Crippen LogP contribution < -0.4 is 15.4 Å². The van der Waals surface area contributed by atoms with E-state index in [2.05, 4.69) is 15.6 Å². The van der Waals surface area contributed by atoms with E-state index >= 15 is 0 Å². The second kappa shape index (κ2) is 5.83. The number of anilines is 1. The van der Waals surface area contributed by atoms with Crippen LogP contribution in [0.5, 0.6) is 5.88 Å². The van der Waals surface area contributed by atoms with Gasteiger partial charge in [0.15, 0.2) is 0 Å². The normalized spacial score (nSPS) is 13.3. The highest BCUT2D eigenvalue weighted by Gasteiger charge is 2.18. The molecule has 2 heterocycles. The molecule has 108 valence electrons.